The Morgan fingerprint density at radius 2 is 0.683 bits per heavy atom. The van der Waals surface area contributed by atoms with Crippen molar-refractivity contribution in [1.82, 2.24) is 0 Å². The fourth-order valence-electron chi connectivity index (χ4n) is 7.63. The fourth-order valence-corrected chi connectivity index (χ4v) is 12.0. The average molecular weight is 865 g/mol. The molecule has 4 aromatic rings. The third-order valence-corrected chi connectivity index (χ3v) is 14.1. The van der Waals surface area contributed by atoms with Crippen LogP contribution >= 0.6 is 14.7 Å². The lowest BCUT2D eigenvalue weighted by atomic mass is 10.0. The third-order valence-electron chi connectivity index (χ3n) is 10.00. The molecule has 12 nitrogen and oxygen atoms in total. The van der Waals surface area contributed by atoms with Gasteiger partial charge < -0.3 is 29.5 Å². The van der Waals surface area contributed by atoms with Gasteiger partial charge in [0, 0.05) is 22.3 Å². The highest BCUT2D eigenvalue weighted by atomic mass is 31.2. The quantitative estimate of drug-likeness (QED) is 0.0786. The lowest BCUT2D eigenvalue weighted by Crippen LogP contribution is -2.26. The van der Waals surface area contributed by atoms with E-state index in [1.54, 1.807) is 104 Å². The van der Waals surface area contributed by atoms with Crippen molar-refractivity contribution in [3.8, 4) is 0 Å². The van der Waals surface area contributed by atoms with Crippen molar-refractivity contribution in [3.63, 3.8) is 0 Å². The Bertz CT molecular complexity index is 2170. The molecule has 1 atom stereocenters. The molecule has 0 saturated heterocycles. The number of hydrogen-bond acceptors (Lipinski definition) is 12. The second kappa shape index (κ2) is 20.6. The number of hydrogen-bond donors (Lipinski definition) is 4. The number of carbonyl (C=O) groups excluding carboxylic acids is 4. The Hall–Kier alpha value is -4.22. The first-order valence-electron chi connectivity index (χ1n) is 19.4. The Kier molecular flexibility index (Phi) is 17.2. The molecule has 60 heavy (non-hydrogen) atoms. The van der Waals surface area contributed by atoms with E-state index < -0.39 is 75.5 Å². The minimum atomic E-state index is -4.67. The number of aliphatic hydroxyl groups excluding tert-OH is 4. The van der Waals surface area contributed by atoms with Crippen molar-refractivity contribution < 1.29 is 57.8 Å². The maximum atomic E-state index is 14.0. The van der Waals surface area contributed by atoms with Gasteiger partial charge in [0.1, 0.15) is 12.2 Å². The zero-order chi connectivity index (χ0) is 45.6. The highest BCUT2D eigenvalue weighted by Crippen LogP contribution is 2.56. The maximum absolute atomic E-state index is 14.0. The van der Waals surface area contributed by atoms with E-state index in [0.717, 1.165) is 22.3 Å². The van der Waals surface area contributed by atoms with Gasteiger partial charge >= 0.3 is 14.7 Å². The minimum Gasteiger partial charge on any atom is -0.394 e. The van der Waals surface area contributed by atoms with Crippen LogP contribution in [0.25, 0.3) is 0 Å². The second-order valence-electron chi connectivity index (χ2n) is 15.6. The van der Waals surface area contributed by atoms with E-state index in [1.165, 1.54) is 0 Å². The molecule has 0 aliphatic rings. The zero-order valence-corrected chi connectivity index (χ0v) is 38.3. The van der Waals surface area contributed by atoms with Gasteiger partial charge in [0.05, 0.1) is 26.4 Å². The Labute approximate surface area is 352 Å². The van der Waals surface area contributed by atoms with E-state index in [1.807, 2.05) is 27.7 Å². The molecule has 0 fully saturated rings. The first kappa shape index (κ1) is 50.1. The van der Waals surface area contributed by atoms with Crippen LogP contribution in [-0.2, 0) is 18.2 Å². The molecule has 14 heteroatoms. The van der Waals surface area contributed by atoms with E-state index in [2.05, 4.69) is 0 Å². The number of benzene rings is 4. The van der Waals surface area contributed by atoms with Crippen LogP contribution in [0.4, 0.5) is 0 Å². The molecule has 0 aliphatic heterocycles. The summed E-state index contributed by atoms with van der Waals surface area (Å²) < 4.78 is 38.6. The molecule has 0 aromatic heterocycles. The van der Waals surface area contributed by atoms with Crippen LogP contribution < -0.4 is 0 Å². The van der Waals surface area contributed by atoms with Crippen molar-refractivity contribution in [2.45, 2.75) is 95.3 Å². The predicted octanol–water partition coefficient (Wildman–Crippen LogP) is 8.33. The molecule has 0 saturated carbocycles. The molecule has 4 N–H and O–H groups in total. The van der Waals surface area contributed by atoms with Crippen LogP contribution in [0.5, 0.6) is 0 Å². The van der Waals surface area contributed by atoms with Gasteiger partial charge in [0.25, 0.3) is 22.1 Å². The van der Waals surface area contributed by atoms with Crippen LogP contribution in [0.15, 0.2) is 48.5 Å². The van der Waals surface area contributed by atoms with Gasteiger partial charge in [-0.3, -0.25) is 28.3 Å². The van der Waals surface area contributed by atoms with E-state index in [-0.39, 0.29) is 22.3 Å². The molecule has 0 radical (unpaired) electrons. The van der Waals surface area contributed by atoms with E-state index in [9.17, 15) is 43.6 Å². The summed E-state index contributed by atoms with van der Waals surface area (Å²) in [6.07, 6.45) is -2.68. The lowest BCUT2D eigenvalue weighted by Gasteiger charge is -2.23. The monoisotopic (exact) mass is 864 g/mol. The van der Waals surface area contributed by atoms with E-state index >= 15 is 0 Å². The van der Waals surface area contributed by atoms with Crippen molar-refractivity contribution in [1.29, 1.82) is 0 Å². The smallest absolute Gasteiger partial charge is 0.340 e. The van der Waals surface area contributed by atoms with Gasteiger partial charge in [-0.15, -0.1) is 0 Å². The van der Waals surface area contributed by atoms with Crippen molar-refractivity contribution >= 4 is 36.8 Å². The molecule has 1 unspecified atom stereocenters. The molecule has 4 rings (SSSR count). The molecule has 0 aliphatic carbocycles. The summed E-state index contributed by atoms with van der Waals surface area (Å²) in [5.41, 5.74) is 5.46. The molecule has 0 heterocycles. The summed E-state index contributed by atoms with van der Waals surface area (Å²) in [5.74, 6) is 0. The largest absolute Gasteiger partial charge is 0.394 e. The van der Waals surface area contributed by atoms with Gasteiger partial charge in [0.15, 0.2) is 0 Å². The van der Waals surface area contributed by atoms with Crippen LogP contribution in [0.3, 0.4) is 0 Å². The van der Waals surface area contributed by atoms with Gasteiger partial charge in [-0.1, -0.05) is 70.8 Å². The summed E-state index contributed by atoms with van der Waals surface area (Å²) in [6.45, 7) is 18.6. The summed E-state index contributed by atoms with van der Waals surface area (Å²) in [7, 11) is -9.27. The first-order valence-corrected chi connectivity index (χ1v) is 22.7. The number of aryl methyl sites for hydroxylation is 12. The normalized spacial score (nSPS) is 12.2. The van der Waals surface area contributed by atoms with Gasteiger partial charge in [0.2, 0.25) is 0 Å². The van der Waals surface area contributed by atoms with Crippen LogP contribution in [0.2, 0.25) is 0 Å². The maximum Gasteiger partial charge on any atom is 0.340 e. The van der Waals surface area contributed by atoms with Crippen LogP contribution in [0.1, 0.15) is 108 Å². The average Bonchev–Trinajstić information content (AvgIpc) is 3.14. The topological polar surface area (TPSA) is 202 Å². The van der Waals surface area contributed by atoms with Gasteiger partial charge in [-0.25, -0.2) is 0 Å². The number of rotatable bonds is 16. The Morgan fingerprint density at radius 3 is 0.900 bits per heavy atom. The first-order chi connectivity index (χ1) is 27.9. The van der Waals surface area contributed by atoms with Gasteiger partial charge in [-0.2, -0.15) is 0 Å². The molecule has 0 spiro atoms. The van der Waals surface area contributed by atoms with Gasteiger partial charge in [-0.05, 0) is 128 Å². The van der Waals surface area contributed by atoms with Crippen molar-refractivity contribution in [2.24, 2.45) is 0 Å². The van der Waals surface area contributed by atoms with E-state index in [0.29, 0.717) is 44.5 Å². The van der Waals surface area contributed by atoms with Crippen molar-refractivity contribution in [3.05, 3.63) is 138 Å². The molecule has 324 valence electrons. The molecular formula is C46H58O12P2. The lowest BCUT2D eigenvalue weighted by molar-refractivity contribution is 0.0530. The summed E-state index contributed by atoms with van der Waals surface area (Å²) in [6, 6.07) is 14.2. The second-order valence-corrected chi connectivity index (χ2v) is 19.9. The molecule has 4 aromatic carbocycles. The predicted molar refractivity (Wildman–Crippen MR) is 233 cm³/mol. The van der Waals surface area contributed by atoms with Crippen molar-refractivity contribution in [2.75, 3.05) is 26.4 Å². The SMILES string of the molecule is Cc1cc(C)c(C(=O)P(=O)(OC(CO)CO)C(=O)c2c(C)cc(C)cc2C)c(C)c1.Cc1cc(C)c(C(=O)P(=O)(OCC(O)CO)C(=O)c2c(C)cc(C)cc2C)c(C)c1. The molecule has 0 bridgehead atoms. The molecular weight excluding hydrogens is 806 g/mol. The minimum absolute atomic E-state index is 0.161. The van der Waals surface area contributed by atoms with E-state index in [4.69, 9.17) is 14.2 Å². The summed E-state index contributed by atoms with van der Waals surface area (Å²) >= 11 is 0. The number of aliphatic hydroxyl groups is 4. The summed E-state index contributed by atoms with van der Waals surface area (Å²) in [5, 5.41) is 37.7. The number of carbonyl (C=O) groups is 4. The summed E-state index contributed by atoms with van der Waals surface area (Å²) in [4.78, 5) is 54.0. The highest BCUT2D eigenvalue weighted by molar-refractivity contribution is 7.92. The fraction of sp³-hybridized carbons (Fsp3) is 0.391. The van der Waals surface area contributed by atoms with Crippen LogP contribution in [0, 0.1) is 83.1 Å². The third kappa shape index (κ3) is 11.0. The Balaban J connectivity index is 0.000000320. The highest BCUT2D eigenvalue weighted by Gasteiger charge is 2.47. The zero-order valence-electron chi connectivity index (χ0n) is 36.6. The molecule has 0 amide bonds. The Morgan fingerprint density at radius 1 is 0.450 bits per heavy atom. The standard InChI is InChI=1S/2C23H29O6P/c1-13-7-15(3)20(16(4)8-13)22(26)30(28,29-12-19(25)11-24)23(27)21-17(5)9-14(2)10-18(21)6;1-13-7-15(3)20(16(4)8-13)22(26)30(28,29-19(11-24)12-25)23(27)21-17(5)9-14(2)10-18(21)6/h2*7-10,19,24-25H,11-12H2,1-6H3. The van der Waals surface area contributed by atoms with Crippen LogP contribution in [-0.4, -0.2) is 81.2 Å².